The molecule has 0 saturated carbocycles. The first kappa shape index (κ1) is 17.4. The van der Waals surface area contributed by atoms with Crippen molar-refractivity contribution in [1.29, 1.82) is 0 Å². The van der Waals surface area contributed by atoms with Crippen molar-refractivity contribution in [2.45, 2.75) is 18.7 Å². The SMILES string of the molecule is CSCc1ccc(C(Nc2nc(C)c(Br)cc2Br)C(=O)O)o1. The first-order valence-corrected chi connectivity index (χ1v) is 9.30. The lowest BCUT2D eigenvalue weighted by Crippen LogP contribution is -2.21. The monoisotopic (exact) mass is 448 g/mol. The van der Waals surface area contributed by atoms with Gasteiger partial charge in [0, 0.05) is 4.47 Å². The molecular formula is C14H14Br2N2O3S. The Morgan fingerprint density at radius 3 is 2.82 bits per heavy atom. The van der Waals surface area contributed by atoms with Crippen molar-refractivity contribution in [1.82, 2.24) is 4.98 Å². The quantitative estimate of drug-likeness (QED) is 0.670. The number of anilines is 1. The molecule has 1 unspecified atom stereocenters. The number of pyridine rings is 1. The number of hydrogen-bond donors (Lipinski definition) is 2. The van der Waals surface area contributed by atoms with Crippen molar-refractivity contribution in [2.75, 3.05) is 11.6 Å². The number of carboxylic acid groups (broad SMARTS) is 1. The molecule has 2 N–H and O–H groups in total. The van der Waals surface area contributed by atoms with Gasteiger partial charge in [-0.3, -0.25) is 0 Å². The summed E-state index contributed by atoms with van der Waals surface area (Å²) >= 11 is 8.37. The second kappa shape index (κ2) is 7.52. The lowest BCUT2D eigenvalue weighted by Gasteiger charge is -2.15. The number of nitrogens with one attached hydrogen (secondary N) is 1. The van der Waals surface area contributed by atoms with E-state index < -0.39 is 12.0 Å². The largest absolute Gasteiger partial charge is 0.479 e. The maximum Gasteiger partial charge on any atom is 0.334 e. The van der Waals surface area contributed by atoms with Crippen LogP contribution in [0.4, 0.5) is 5.82 Å². The predicted octanol–water partition coefficient (Wildman–Crippen LogP) is 4.61. The van der Waals surface area contributed by atoms with E-state index >= 15 is 0 Å². The van der Waals surface area contributed by atoms with Crippen LogP contribution in [0.1, 0.15) is 23.3 Å². The van der Waals surface area contributed by atoms with E-state index in [4.69, 9.17) is 4.42 Å². The Balaban J connectivity index is 2.29. The highest BCUT2D eigenvalue weighted by Gasteiger charge is 2.25. The van der Waals surface area contributed by atoms with E-state index in [1.807, 2.05) is 19.2 Å². The molecule has 0 aliphatic rings. The highest BCUT2D eigenvalue weighted by atomic mass is 79.9. The van der Waals surface area contributed by atoms with E-state index in [9.17, 15) is 9.90 Å². The van der Waals surface area contributed by atoms with Gasteiger partial charge in [0.25, 0.3) is 0 Å². The average Bonchev–Trinajstić information content (AvgIpc) is 2.89. The number of thioether (sulfide) groups is 1. The highest BCUT2D eigenvalue weighted by Crippen LogP contribution is 2.30. The molecule has 0 aromatic carbocycles. The van der Waals surface area contributed by atoms with Gasteiger partial charge < -0.3 is 14.8 Å². The zero-order valence-electron chi connectivity index (χ0n) is 11.9. The van der Waals surface area contributed by atoms with E-state index in [0.29, 0.717) is 21.8 Å². The lowest BCUT2D eigenvalue weighted by molar-refractivity contribution is -0.138. The van der Waals surface area contributed by atoms with Crippen molar-refractivity contribution in [2.24, 2.45) is 0 Å². The molecule has 2 aromatic heterocycles. The molecule has 0 spiro atoms. The normalized spacial score (nSPS) is 12.2. The first-order valence-electron chi connectivity index (χ1n) is 6.32. The van der Waals surface area contributed by atoms with E-state index in [2.05, 4.69) is 42.2 Å². The molecule has 2 rings (SSSR count). The van der Waals surface area contributed by atoms with Crippen LogP contribution in [-0.2, 0) is 10.5 Å². The van der Waals surface area contributed by atoms with Crippen molar-refractivity contribution in [3.05, 3.63) is 44.4 Å². The van der Waals surface area contributed by atoms with E-state index in [1.54, 1.807) is 23.9 Å². The summed E-state index contributed by atoms with van der Waals surface area (Å²) in [7, 11) is 0. The van der Waals surface area contributed by atoms with Crippen LogP contribution >= 0.6 is 43.6 Å². The molecule has 5 nitrogen and oxygen atoms in total. The van der Waals surface area contributed by atoms with E-state index in [1.165, 1.54) is 0 Å². The third-order valence-corrected chi connectivity index (χ3v) is 4.87. The molecule has 0 amide bonds. The van der Waals surface area contributed by atoms with Crippen LogP contribution in [0.15, 0.2) is 31.6 Å². The number of furan rings is 1. The fourth-order valence-electron chi connectivity index (χ4n) is 1.82. The van der Waals surface area contributed by atoms with Gasteiger partial charge in [0.2, 0.25) is 0 Å². The first-order chi connectivity index (χ1) is 10.4. The zero-order chi connectivity index (χ0) is 16.3. The third-order valence-electron chi connectivity index (χ3n) is 2.89. The van der Waals surface area contributed by atoms with Crippen molar-refractivity contribution >= 4 is 55.4 Å². The van der Waals surface area contributed by atoms with Gasteiger partial charge in [-0.2, -0.15) is 11.8 Å². The Bertz CT molecular complexity index is 691. The molecule has 0 radical (unpaired) electrons. The third kappa shape index (κ3) is 4.05. The van der Waals surface area contributed by atoms with Gasteiger partial charge >= 0.3 is 5.97 Å². The molecule has 0 saturated heterocycles. The standard InChI is InChI=1S/C14H14Br2N2O3S/c1-7-9(15)5-10(16)13(17-7)18-12(14(19)20)11-4-3-8(21-11)6-22-2/h3-5,12H,6H2,1-2H3,(H,17,18)(H,19,20). The predicted molar refractivity (Wildman–Crippen MR) is 94.3 cm³/mol. The summed E-state index contributed by atoms with van der Waals surface area (Å²) in [5, 5.41) is 12.4. The van der Waals surface area contributed by atoms with Gasteiger partial charge in [-0.1, -0.05) is 0 Å². The van der Waals surface area contributed by atoms with Gasteiger partial charge in [0.1, 0.15) is 17.3 Å². The van der Waals surface area contributed by atoms with Crippen molar-refractivity contribution in [3.63, 3.8) is 0 Å². The maximum atomic E-state index is 11.6. The number of aryl methyl sites for hydroxylation is 1. The number of halogens is 2. The Labute approximate surface area is 149 Å². The fourth-order valence-corrected chi connectivity index (χ4v) is 3.32. The van der Waals surface area contributed by atoms with Gasteiger partial charge in [0.15, 0.2) is 6.04 Å². The minimum atomic E-state index is -1.03. The Hall–Kier alpha value is -0.990. The Morgan fingerprint density at radius 2 is 2.18 bits per heavy atom. The smallest absolute Gasteiger partial charge is 0.334 e. The number of nitrogens with zero attached hydrogens (tertiary/aromatic N) is 1. The van der Waals surface area contributed by atoms with Crippen LogP contribution in [0.5, 0.6) is 0 Å². The van der Waals surface area contributed by atoms with Crippen LogP contribution in [0, 0.1) is 6.92 Å². The second-order valence-electron chi connectivity index (χ2n) is 4.54. The molecule has 0 aliphatic carbocycles. The maximum absolute atomic E-state index is 11.6. The average molecular weight is 450 g/mol. The molecule has 0 fully saturated rings. The number of hydrogen-bond acceptors (Lipinski definition) is 5. The molecule has 22 heavy (non-hydrogen) atoms. The summed E-state index contributed by atoms with van der Waals surface area (Å²) in [4.78, 5) is 15.9. The van der Waals surface area contributed by atoms with Crippen LogP contribution in [0.3, 0.4) is 0 Å². The van der Waals surface area contributed by atoms with Gasteiger partial charge in [-0.05, 0) is 63.2 Å². The second-order valence-corrected chi connectivity index (χ2v) is 7.11. The van der Waals surface area contributed by atoms with Crippen LogP contribution in [0.25, 0.3) is 0 Å². The summed E-state index contributed by atoms with van der Waals surface area (Å²) in [6.45, 7) is 1.83. The van der Waals surface area contributed by atoms with Gasteiger partial charge in [-0.15, -0.1) is 0 Å². The minimum Gasteiger partial charge on any atom is -0.479 e. The van der Waals surface area contributed by atoms with Gasteiger partial charge in [-0.25, -0.2) is 9.78 Å². The fraction of sp³-hybridized carbons (Fsp3) is 0.286. The Kier molecular flexibility index (Phi) is 5.94. The van der Waals surface area contributed by atoms with Crippen molar-refractivity contribution < 1.29 is 14.3 Å². The van der Waals surface area contributed by atoms with Crippen LogP contribution in [0.2, 0.25) is 0 Å². The van der Waals surface area contributed by atoms with E-state index in [0.717, 1.165) is 15.9 Å². The van der Waals surface area contributed by atoms with Crippen LogP contribution in [-0.4, -0.2) is 22.3 Å². The number of carbonyl (C=O) groups is 1. The molecule has 2 aromatic rings. The van der Waals surface area contributed by atoms with Crippen molar-refractivity contribution in [3.8, 4) is 0 Å². The molecule has 118 valence electrons. The Morgan fingerprint density at radius 1 is 1.45 bits per heavy atom. The molecule has 2 heterocycles. The lowest BCUT2D eigenvalue weighted by atomic mass is 10.2. The zero-order valence-corrected chi connectivity index (χ0v) is 15.9. The number of rotatable bonds is 6. The number of aromatic nitrogens is 1. The van der Waals surface area contributed by atoms with Crippen LogP contribution < -0.4 is 5.32 Å². The molecule has 0 bridgehead atoms. The number of aliphatic carboxylic acids is 1. The minimum absolute atomic E-state index is 0.353. The topological polar surface area (TPSA) is 75.4 Å². The van der Waals surface area contributed by atoms with E-state index in [-0.39, 0.29) is 0 Å². The molecule has 8 heteroatoms. The summed E-state index contributed by atoms with van der Waals surface area (Å²) in [5.41, 5.74) is 0.761. The summed E-state index contributed by atoms with van der Waals surface area (Å²) in [6, 6.07) is 4.29. The number of carboxylic acids is 1. The molecule has 1 atom stereocenters. The summed E-state index contributed by atoms with van der Waals surface area (Å²) in [6.07, 6.45) is 1.96. The summed E-state index contributed by atoms with van der Waals surface area (Å²) in [5.74, 6) is 1.22. The van der Waals surface area contributed by atoms with Gasteiger partial charge in [0.05, 0.1) is 15.9 Å². The molecule has 0 aliphatic heterocycles. The summed E-state index contributed by atoms with van der Waals surface area (Å²) < 4.78 is 7.11. The molecular weight excluding hydrogens is 436 g/mol. The highest BCUT2D eigenvalue weighted by molar-refractivity contribution is 9.11.